The van der Waals surface area contributed by atoms with E-state index in [9.17, 15) is 4.39 Å². The molecule has 1 fully saturated rings. The van der Waals surface area contributed by atoms with Gasteiger partial charge in [-0.25, -0.2) is 4.39 Å². The van der Waals surface area contributed by atoms with Crippen LogP contribution < -0.4 is 10.1 Å². The minimum atomic E-state index is -0.185. The number of fused-ring (bicyclic) bond motifs is 1. The van der Waals surface area contributed by atoms with Gasteiger partial charge in [-0.1, -0.05) is 6.92 Å². The second-order valence-electron chi connectivity index (χ2n) is 6.25. The van der Waals surface area contributed by atoms with Crippen LogP contribution in [0.15, 0.2) is 18.2 Å². The highest BCUT2D eigenvalue weighted by Gasteiger charge is 2.28. The lowest BCUT2D eigenvalue weighted by molar-refractivity contribution is 0.0233. The third-order valence-corrected chi connectivity index (χ3v) is 4.39. The zero-order valence-corrected chi connectivity index (χ0v) is 12.0. The molecule has 0 bridgehead atoms. The summed E-state index contributed by atoms with van der Waals surface area (Å²) in [4.78, 5) is 0. The summed E-state index contributed by atoms with van der Waals surface area (Å²) in [6, 6.07) is 4.76. The van der Waals surface area contributed by atoms with E-state index in [0.29, 0.717) is 5.41 Å². The van der Waals surface area contributed by atoms with E-state index >= 15 is 0 Å². The predicted molar refractivity (Wildman–Crippen MR) is 75.5 cm³/mol. The average molecular weight is 279 g/mol. The Kier molecular flexibility index (Phi) is 3.94. The van der Waals surface area contributed by atoms with Gasteiger partial charge in [0.15, 0.2) is 0 Å². The molecule has 1 N–H and O–H groups in total. The van der Waals surface area contributed by atoms with Gasteiger partial charge in [0.2, 0.25) is 0 Å². The van der Waals surface area contributed by atoms with Crippen molar-refractivity contribution in [3.8, 4) is 5.75 Å². The summed E-state index contributed by atoms with van der Waals surface area (Å²) in [7, 11) is 0. The summed E-state index contributed by atoms with van der Waals surface area (Å²) in [6.45, 7) is 5.83. The molecule has 2 heterocycles. The number of benzene rings is 1. The van der Waals surface area contributed by atoms with Crippen molar-refractivity contribution in [2.75, 3.05) is 26.3 Å². The van der Waals surface area contributed by atoms with Crippen molar-refractivity contribution in [2.24, 2.45) is 5.41 Å². The van der Waals surface area contributed by atoms with E-state index in [-0.39, 0.29) is 11.9 Å². The fraction of sp³-hybridized carbons (Fsp3) is 0.625. The van der Waals surface area contributed by atoms with Gasteiger partial charge in [-0.05, 0) is 36.5 Å². The molecule has 2 aliphatic heterocycles. The van der Waals surface area contributed by atoms with Crippen LogP contribution >= 0.6 is 0 Å². The van der Waals surface area contributed by atoms with Gasteiger partial charge in [0.05, 0.1) is 0 Å². The van der Waals surface area contributed by atoms with Crippen LogP contribution in [-0.2, 0) is 11.2 Å². The molecule has 1 saturated heterocycles. The highest BCUT2D eigenvalue weighted by Crippen LogP contribution is 2.30. The van der Waals surface area contributed by atoms with Crippen molar-refractivity contribution >= 4 is 0 Å². The van der Waals surface area contributed by atoms with Crippen LogP contribution in [0.25, 0.3) is 0 Å². The van der Waals surface area contributed by atoms with E-state index in [4.69, 9.17) is 9.47 Å². The second kappa shape index (κ2) is 5.70. The number of hydrogen-bond donors (Lipinski definition) is 1. The Balaban J connectivity index is 1.46. The van der Waals surface area contributed by atoms with Crippen molar-refractivity contribution in [1.29, 1.82) is 0 Å². The lowest BCUT2D eigenvalue weighted by Crippen LogP contribution is -2.40. The smallest absolute Gasteiger partial charge is 0.123 e. The zero-order chi connectivity index (χ0) is 14.0. The highest BCUT2D eigenvalue weighted by atomic mass is 19.1. The van der Waals surface area contributed by atoms with Crippen LogP contribution in [0.2, 0.25) is 0 Å². The van der Waals surface area contributed by atoms with Gasteiger partial charge in [-0.2, -0.15) is 0 Å². The fourth-order valence-electron chi connectivity index (χ4n) is 2.98. The summed E-state index contributed by atoms with van der Waals surface area (Å²) in [5.41, 5.74) is 1.31. The maximum absolute atomic E-state index is 13.2. The van der Waals surface area contributed by atoms with Crippen LogP contribution in [0, 0.1) is 11.2 Å². The molecule has 2 aliphatic rings. The topological polar surface area (TPSA) is 30.5 Å². The lowest BCUT2D eigenvalue weighted by atomic mass is 9.82. The second-order valence-corrected chi connectivity index (χ2v) is 6.25. The van der Waals surface area contributed by atoms with Crippen LogP contribution in [0.5, 0.6) is 5.75 Å². The van der Waals surface area contributed by atoms with Gasteiger partial charge < -0.3 is 14.8 Å². The molecular formula is C16H22FNO2. The Hall–Kier alpha value is -1.13. The molecule has 1 aromatic carbocycles. The van der Waals surface area contributed by atoms with E-state index in [0.717, 1.165) is 56.9 Å². The van der Waals surface area contributed by atoms with E-state index in [1.54, 1.807) is 12.1 Å². The van der Waals surface area contributed by atoms with E-state index in [1.807, 2.05) is 0 Å². The molecule has 20 heavy (non-hydrogen) atoms. The van der Waals surface area contributed by atoms with E-state index in [1.165, 1.54) is 6.07 Å². The van der Waals surface area contributed by atoms with Crippen molar-refractivity contribution in [1.82, 2.24) is 5.32 Å². The maximum atomic E-state index is 13.2. The number of nitrogens with one attached hydrogen (secondary N) is 1. The molecule has 0 aromatic heterocycles. The fourth-order valence-corrected chi connectivity index (χ4v) is 2.98. The SMILES string of the molecule is CC1(CNCC2Cc3cc(F)ccc3O2)CCOCC1. The first-order valence-corrected chi connectivity index (χ1v) is 7.38. The van der Waals surface area contributed by atoms with Gasteiger partial charge in [0.25, 0.3) is 0 Å². The van der Waals surface area contributed by atoms with Gasteiger partial charge in [-0.15, -0.1) is 0 Å². The Morgan fingerprint density at radius 1 is 1.35 bits per heavy atom. The predicted octanol–water partition coefficient (Wildman–Crippen LogP) is 2.54. The standard InChI is InChI=1S/C16H22FNO2/c1-16(4-6-19-7-5-16)11-18-10-14-9-12-8-13(17)2-3-15(12)20-14/h2-3,8,14,18H,4-7,9-11H2,1H3. The molecule has 1 atom stereocenters. The van der Waals surface area contributed by atoms with Crippen molar-refractivity contribution in [3.63, 3.8) is 0 Å². The van der Waals surface area contributed by atoms with Crippen molar-refractivity contribution in [2.45, 2.75) is 32.3 Å². The number of halogens is 1. The minimum absolute atomic E-state index is 0.121. The zero-order valence-electron chi connectivity index (χ0n) is 12.0. The van der Waals surface area contributed by atoms with Gasteiger partial charge in [0.1, 0.15) is 17.7 Å². The molecule has 0 amide bonds. The van der Waals surface area contributed by atoms with E-state index in [2.05, 4.69) is 12.2 Å². The summed E-state index contributed by atoms with van der Waals surface area (Å²) in [5, 5.41) is 3.51. The third kappa shape index (κ3) is 3.13. The summed E-state index contributed by atoms with van der Waals surface area (Å²) < 4.78 is 24.4. The molecule has 4 heteroatoms. The lowest BCUT2D eigenvalue weighted by Gasteiger charge is -2.34. The Morgan fingerprint density at radius 3 is 2.95 bits per heavy atom. The summed E-state index contributed by atoms with van der Waals surface area (Å²) in [6.07, 6.45) is 3.13. The van der Waals surface area contributed by atoms with E-state index < -0.39 is 0 Å². The molecule has 110 valence electrons. The number of rotatable bonds is 4. The Bertz CT molecular complexity index is 472. The van der Waals surface area contributed by atoms with Gasteiger partial charge in [-0.3, -0.25) is 0 Å². The molecule has 1 unspecified atom stereocenters. The number of hydrogen-bond acceptors (Lipinski definition) is 3. The van der Waals surface area contributed by atoms with Crippen LogP contribution in [0.3, 0.4) is 0 Å². The molecule has 0 radical (unpaired) electrons. The summed E-state index contributed by atoms with van der Waals surface area (Å²) >= 11 is 0. The molecule has 3 rings (SSSR count). The molecule has 0 aliphatic carbocycles. The van der Waals surface area contributed by atoms with Gasteiger partial charge >= 0.3 is 0 Å². The van der Waals surface area contributed by atoms with Crippen LogP contribution in [0.4, 0.5) is 4.39 Å². The van der Waals surface area contributed by atoms with Crippen LogP contribution in [-0.4, -0.2) is 32.4 Å². The quantitative estimate of drug-likeness (QED) is 0.918. The Morgan fingerprint density at radius 2 is 2.15 bits per heavy atom. The van der Waals surface area contributed by atoms with Crippen LogP contribution in [0.1, 0.15) is 25.3 Å². The molecule has 3 nitrogen and oxygen atoms in total. The van der Waals surface area contributed by atoms with Crippen molar-refractivity contribution in [3.05, 3.63) is 29.6 Å². The molecule has 0 spiro atoms. The minimum Gasteiger partial charge on any atom is -0.488 e. The third-order valence-electron chi connectivity index (χ3n) is 4.39. The average Bonchev–Trinajstić information content (AvgIpc) is 2.81. The van der Waals surface area contributed by atoms with Gasteiger partial charge in [0, 0.05) is 38.3 Å². The van der Waals surface area contributed by atoms with Crippen molar-refractivity contribution < 1.29 is 13.9 Å². The molecular weight excluding hydrogens is 257 g/mol. The normalized spacial score (nSPS) is 24.2. The monoisotopic (exact) mass is 279 g/mol. The largest absolute Gasteiger partial charge is 0.488 e. The highest BCUT2D eigenvalue weighted by molar-refractivity contribution is 5.37. The molecule has 1 aromatic rings. The number of ether oxygens (including phenoxy) is 2. The molecule has 0 saturated carbocycles. The maximum Gasteiger partial charge on any atom is 0.123 e. The Labute approximate surface area is 119 Å². The first-order chi connectivity index (χ1) is 9.65. The summed E-state index contributed by atoms with van der Waals surface area (Å²) in [5.74, 6) is 0.645. The first-order valence-electron chi connectivity index (χ1n) is 7.38. The first kappa shape index (κ1) is 13.8.